The van der Waals surface area contributed by atoms with E-state index >= 15 is 0 Å². The summed E-state index contributed by atoms with van der Waals surface area (Å²) >= 11 is 0. The number of hydrogen-bond donors (Lipinski definition) is 1. The van der Waals surface area contributed by atoms with Gasteiger partial charge in [0.2, 0.25) is 0 Å². The lowest BCUT2D eigenvalue weighted by Crippen LogP contribution is -2.30. The minimum atomic E-state index is -1.18. The summed E-state index contributed by atoms with van der Waals surface area (Å²) in [4.78, 5) is 0. The second-order valence-corrected chi connectivity index (χ2v) is 4.11. The first-order valence-corrected chi connectivity index (χ1v) is 3.88. The average Bonchev–Trinajstić information content (AvgIpc) is 1.67. The van der Waals surface area contributed by atoms with Gasteiger partial charge in [0.1, 0.15) is 0 Å². The molecule has 0 aromatic heterocycles. The Morgan fingerprint density at radius 3 is 2.00 bits per heavy atom. The molecule has 0 saturated carbocycles. The summed E-state index contributed by atoms with van der Waals surface area (Å²) in [6, 6.07) is 0. The average molecular weight is 135 g/mol. The Bertz CT molecular complexity index is 101. The number of hydrogen-bond acceptors (Lipinski definition) is 1. The molecule has 0 aromatic carbocycles. The lowest BCUT2D eigenvalue weighted by atomic mass is 10.1. The third kappa shape index (κ3) is 1.92. The molecular weight excluding hydrogens is 122 g/mol. The van der Waals surface area contributed by atoms with Gasteiger partial charge in [0.25, 0.3) is 0 Å². The van der Waals surface area contributed by atoms with Crippen molar-refractivity contribution >= 4 is 11.0 Å². The van der Waals surface area contributed by atoms with Crippen LogP contribution in [0.1, 0.15) is 27.2 Å². The first-order chi connectivity index (χ1) is 3.50. The molecule has 0 spiro atoms. The van der Waals surface area contributed by atoms with Gasteiger partial charge in [-0.05, 0) is 20.3 Å². The molecule has 0 aromatic rings. The molecule has 0 heterocycles. The maximum atomic E-state index is 10.6. The Morgan fingerprint density at radius 2 is 2.00 bits per heavy atom. The Hall–Kier alpha value is 0.110. The second-order valence-electron chi connectivity index (χ2n) is 2.41. The van der Waals surface area contributed by atoms with Crippen LogP contribution in [0.4, 0.5) is 0 Å². The van der Waals surface area contributed by atoms with Crippen LogP contribution >= 0.6 is 0 Å². The summed E-state index contributed by atoms with van der Waals surface area (Å²) in [6.45, 7) is 5.76. The van der Waals surface area contributed by atoms with Gasteiger partial charge in [-0.2, -0.15) is 0 Å². The zero-order chi connectivity index (χ0) is 6.78. The highest BCUT2D eigenvalue weighted by atomic mass is 32.2. The molecule has 0 aliphatic rings. The standard InChI is InChI=1S/C5H13NOS/c1-4-5(2,3)8(6)7/h4,6H2,1-3H3/t8-/m1/s1. The van der Waals surface area contributed by atoms with Gasteiger partial charge in [-0.15, -0.1) is 0 Å². The van der Waals surface area contributed by atoms with Crippen LogP contribution in [-0.4, -0.2) is 8.96 Å². The van der Waals surface area contributed by atoms with Crippen LogP contribution in [-0.2, 0) is 11.0 Å². The smallest absolute Gasteiger partial charge is 0.0945 e. The van der Waals surface area contributed by atoms with Crippen molar-refractivity contribution < 1.29 is 4.21 Å². The molecule has 3 heteroatoms. The lowest BCUT2D eigenvalue weighted by molar-refractivity contribution is 0.614. The van der Waals surface area contributed by atoms with Crippen LogP contribution in [0.3, 0.4) is 0 Å². The van der Waals surface area contributed by atoms with Crippen LogP contribution in [0.5, 0.6) is 0 Å². The molecule has 8 heavy (non-hydrogen) atoms. The van der Waals surface area contributed by atoms with Gasteiger partial charge < -0.3 is 0 Å². The Morgan fingerprint density at radius 1 is 1.62 bits per heavy atom. The molecule has 0 bridgehead atoms. The molecule has 2 nitrogen and oxygen atoms in total. The summed E-state index contributed by atoms with van der Waals surface area (Å²) in [5.41, 5.74) is 0. The van der Waals surface area contributed by atoms with Crippen LogP contribution in [0.25, 0.3) is 0 Å². The van der Waals surface area contributed by atoms with Gasteiger partial charge in [-0.1, -0.05) is 6.92 Å². The highest BCUT2D eigenvalue weighted by Crippen LogP contribution is 2.12. The molecule has 0 unspecified atom stereocenters. The fourth-order valence-corrected chi connectivity index (χ4v) is 0.427. The summed E-state index contributed by atoms with van der Waals surface area (Å²) in [7, 11) is -1.18. The molecule has 0 rings (SSSR count). The predicted molar refractivity (Wildman–Crippen MR) is 36.7 cm³/mol. The minimum absolute atomic E-state index is 0.208. The molecule has 0 saturated heterocycles. The summed E-state index contributed by atoms with van der Waals surface area (Å²) < 4.78 is 10.4. The number of rotatable bonds is 2. The molecule has 0 amide bonds. The van der Waals surface area contributed by atoms with Crippen molar-refractivity contribution in [3.63, 3.8) is 0 Å². The molecule has 0 aliphatic carbocycles. The molecule has 0 aliphatic heterocycles. The first kappa shape index (κ1) is 8.11. The minimum Gasteiger partial charge on any atom is -0.251 e. The topological polar surface area (TPSA) is 43.1 Å². The lowest BCUT2D eigenvalue weighted by Gasteiger charge is -2.17. The summed E-state index contributed by atoms with van der Waals surface area (Å²) in [5.74, 6) is 0. The molecular formula is C5H13NOS. The van der Waals surface area contributed by atoms with E-state index < -0.39 is 11.0 Å². The van der Waals surface area contributed by atoms with E-state index in [0.717, 1.165) is 6.42 Å². The molecule has 1 atom stereocenters. The Labute approximate surface area is 53.0 Å². The van der Waals surface area contributed by atoms with Crippen molar-refractivity contribution in [2.75, 3.05) is 0 Å². The summed E-state index contributed by atoms with van der Waals surface area (Å²) in [5, 5.41) is 5.15. The first-order valence-electron chi connectivity index (χ1n) is 2.67. The van der Waals surface area contributed by atoms with Gasteiger partial charge in [-0.25, -0.2) is 4.21 Å². The van der Waals surface area contributed by atoms with Gasteiger partial charge in [0, 0.05) is 0 Å². The molecule has 0 fully saturated rings. The maximum absolute atomic E-state index is 10.6. The molecule has 2 N–H and O–H groups in total. The third-order valence-corrected chi connectivity index (χ3v) is 2.77. The summed E-state index contributed by atoms with van der Waals surface area (Å²) in [6.07, 6.45) is 0.857. The van der Waals surface area contributed by atoms with Crippen LogP contribution in [0.2, 0.25) is 0 Å². The normalized spacial score (nSPS) is 16.0. The van der Waals surface area contributed by atoms with Crippen molar-refractivity contribution in [1.29, 1.82) is 0 Å². The van der Waals surface area contributed by atoms with E-state index in [9.17, 15) is 4.21 Å². The van der Waals surface area contributed by atoms with E-state index in [1.807, 2.05) is 20.8 Å². The Balaban J connectivity index is 3.91. The third-order valence-electron chi connectivity index (χ3n) is 1.40. The second kappa shape index (κ2) is 2.60. The van der Waals surface area contributed by atoms with Gasteiger partial charge in [0.05, 0.1) is 15.7 Å². The van der Waals surface area contributed by atoms with Gasteiger partial charge in [0.15, 0.2) is 0 Å². The van der Waals surface area contributed by atoms with Crippen LogP contribution < -0.4 is 5.14 Å². The fraction of sp³-hybridized carbons (Fsp3) is 1.00. The van der Waals surface area contributed by atoms with E-state index in [1.54, 1.807) is 0 Å². The van der Waals surface area contributed by atoms with Gasteiger partial charge in [-0.3, -0.25) is 5.14 Å². The van der Waals surface area contributed by atoms with E-state index in [2.05, 4.69) is 0 Å². The van der Waals surface area contributed by atoms with E-state index in [0.29, 0.717) is 0 Å². The molecule has 50 valence electrons. The number of nitrogens with two attached hydrogens (primary N) is 1. The van der Waals surface area contributed by atoms with Crippen molar-refractivity contribution in [3.8, 4) is 0 Å². The van der Waals surface area contributed by atoms with E-state index in [-0.39, 0.29) is 4.75 Å². The van der Waals surface area contributed by atoms with Gasteiger partial charge >= 0.3 is 0 Å². The van der Waals surface area contributed by atoms with Crippen molar-refractivity contribution in [2.24, 2.45) is 5.14 Å². The largest absolute Gasteiger partial charge is 0.251 e. The molecule has 0 radical (unpaired) electrons. The van der Waals surface area contributed by atoms with Crippen molar-refractivity contribution in [2.45, 2.75) is 31.9 Å². The Kier molecular flexibility index (Phi) is 2.63. The van der Waals surface area contributed by atoms with E-state index in [4.69, 9.17) is 5.14 Å². The predicted octanol–water partition coefficient (Wildman–Crippen LogP) is 0.797. The van der Waals surface area contributed by atoms with Crippen molar-refractivity contribution in [1.82, 2.24) is 0 Å². The zero-order valence-corrected chi connectivity index (χ0v) is 6.42. The van der Waals surface area contributed by atoms with Crippen LogP contribution in [0.15, 0.2) is 0 Å². The monoisotopic (exact) mass is 135 g/mol. The highest BCUT2D eigenvalue weighted by molar-refractivity contribution is 7.84. The van der Waals surface area contributed by atoms with E-state index in [1.165, 1.54) is 0 Å². The quantitative estimate of drug-likeness (QED) is 0.598. The van der Waals surface area contributed by atoms with Crippen molar-refractivity contribution in [3.05, 3.63) is 0 Å². The SMILES string of the molecule is CCC(C)(C)[S@](N)=O. The maximum Gasteiger partial charge on any atom is 0.0945 e. The van der Waals surface area contributed by atoms with Crippen LogP contribution in [0, 0.1) is 0 Å². The fourth-order valence-electron chi connectivity index (χ4n) is 0.142. The highest BCUT2D eigenvalue weighted by Gasteiger charge is 2.19. The zero-order valence-electron chi connectivity index (χ0n) is 5.60.